The van der Waals surface area contributed by atoms with Crippen LogP contribution in [0.4, 0.5) is 0 Å². The van der Waals surface area contributed by atoms with Gasteiger partial charge in [-0.1, -0.05) is 55.9 Å². The predicted octanol–water partition coefficient (Wildman–Crippen LogP) is 4.17. The second-order valence-corrected chi connectivity index (χ2v) is 10.8. The molecule has 0 saturated carbocycles. The van der Waals surface area contributed by atoms with Crippen LogP contribution < -0.4 is 0 Å². The van der Waals surface area contributed by atoms with Gasteiger partial charge in [0.05, 0.1) is 5.76 Å². The standard InChI is InChI=1S/C17H22OSi/c1-19(2,3)13-12-16-10-7-11-17(18-16)14-15-8-5-4-6-9-15/h4-6,8-9,11,16H,7,10,14H2,1-3H3/t16-/m1/s1. The van der Waals surface area contributed by atoms with E-state index in [2.05, 4.69) is 61.4 Å². The van der Waals surface area contributed by atoms with Gasteiger partial charge in [0.15, 0.2) is 6.10 Å². The third kappa shape index (κ3) is 4.96. The molecule has 1 aromatic rings. The summed E-state index contributed by atoms with van der Waals surface area (Å²) in [6.45, 7) is 6.80. The lowest BCUT2D eigenvalue weighted by atomic mass is 10.1. The van der Waals surface area contributed by atoms with E-state index in [1.807, 2.05) is 6.07 Å². The topological polar surface area (TPSA) is 9.23 Å². The molecule has 2 rings (SSSR count). The summed E-state index contributed by atoms with van der Waals surface area (Å²) in [6, 6.07) is 10.5. The minimum atomic E-state index is -1.30. The van der Waals surface area contributed by atoms with Gasteiger partial charge in [0.2, 0.25) is 0 Å². The van der Waals surface area contributed by atoms with Crippen LogP contribution in [0.5, 0.6) is 0 Å². The first kappa shape index (κ1) is 14.0. The molecule has 0 aliphatic carbocycles. The van der Waals surface area contributed by atoms with Crippen molar-refractivity contribution >= 4 is 8.07 Å². The van der Waals surface area contributed by atoms with Gasteiger partial charge in [-0.3, -0.25) is 0 Å². The highest BCUT2D eigenvalue weighted by molar-refractivity contribution is 6.83. The Morgan fingerprint density at radius 3 is 2.63 bits per heavy atom. The second-order valence-electron chi connectivity index (χ2n) is 6.04. The number of rotatable bonds is 2. The van der Waals surface area contributed by atoms with Crippen LogP contribution in [-0.2, 0) is 11.2 Å². The van der Waals surface area contributed by atoms with E-state index in [0.29, 0.717) is 0 Å². The van der Waals surface area contributed by atoms with Crippen molar-refractivity contribution in [1.29, 1.82) is 0 Å². The lowest BCUT2D eigenvalue weighted by Gasteiger charge is -2.21. The fraction of sp³-hybridized carbons (Fsp3) is 0.412. The number of benzene rings is 1. The highest BCUT2D eigenvalue weighted by atomic mass is 28.3. The molecule has 0 amide bonds. The van der Waals surface area contributed by atoms with E-state index in [0.717, 1.165) is 25.0 Å². The van der Waals surface area contributed by atoms with E-state index in [4.69, 9.17) is 4.74 Å². The minimum Gasteiger partial charge on any atom is -0.482 e. The average Bonchev–Trinajstić information content (AvgIpc) is 2.37. The first-order valence-corrected chi connectivity index (χ1v) is 10.5. The Morgan fingerprint density at radius 2 is 1.95 bits per heavy atom. The number of hydrogen-bond acceptors (Lipinski definition) is 1. The normalized spacial score (nSPS) is 18.9. The smallest absolute Gasteiger partial charge is 0.158 e. The van der Waals surface area contributed by atoms with Gasteiger partial charge in [0.25, 0.3) is 0 Å². The summed E-state index contributed by atoms with van der Waals surface area (Å²) in [5, 5.41) is 0. The summed E-state index contributed by atoms with van der Waals surface area (Å²) in [4.78, 5) is 0. The van der Waals surface area contributed by atoms with Gasteiger partial charge in [0, 0.05) is 6.42 Å². The Balaban J connectivity index is 1.97. The zero-order valence-corrected chi connectivity index (χ0v) is 13.1. The lowest BCUT2D eigenvalue weighted by molar-refractivity contribution is 0.136. The predicted molar refractivity (Wildman–Crippen MR) is 83.5 cm³/mol. The van der Waals surface area contributed by atoms with E-state index in [1.165, 1.54) is 5.56 Å². The van der Waals surface area contributed by atoms with Crippen LogP contribution >= 0.6 is 0 Å². The molecule has 1 nitrogen and oxygen atoms in total. The quantitative estimate of drug-likeness (QED) is 0.579. The summed E-state index contributed by atoms with van der Waals surface area (Å²) in [5.41, 5.74) is 4.71. The Hall–Kier alpha value is -1.46. The van der Waals surface area contributed by atoms with Crippen molar-refractivity contribution in [3.63, 3.8) is 0 Å². The minimum absolute atomic E-state index is 0.0930. The van der Waals surface area contributed by atoms with Crippen LogP contribution in [0.1, 0.15) is 18.4 Å². The summed E-state index contributed by atoms with van der Waals surface area (Å²) in [6.07, 6.45) is 5.28. The molecule has 0 saturated heterocycles. The van der Waals surface area contributed by atoms with Crippen LogP contribution in [0.3, 0.4) is 0 Å². The molecule has 1 heterocycles. The molecule has 0 N–H and O–H groups in total. The molecule has 1 aliphatic rings. The van der Waals surface area contributed by atoms with Crippen LogP contribution in [0, 0.1) is 11.5 Å². The maximum atomic E-state index is 6.00. The van der Waals surface area contributed by atoms with Gasteiger partial charge in [-0.05, 0) is 24.5 Å². The third-order valence-electron chi connectivity index (χ3n) is 2.92. The third-order valence-corrected chi connectivity index (χ3v) is 3.82. The summed E-state index contributed by atoms with van der Waals surface area (Å²) < 4.78 is 6.00. The zero-order chi connectivity index (χ0) is 13.7. The molecule has 0 unspecified atom stereocenters. The lowest BCUT2D eigenvalue weighted by Crippen LogP contribution is -2.20. The monoisotopic (exact) mass is 270 g/mol. The van der Waals surface area contributed by atoms with Crippen LogP contribution in [0.15, 0.2) is 42.2 Å². The molecule has 0 radical (unpaired) electrons. The first-order chi connectivity index (χ1) is 9.03. The highest BCUT2D eigenvalue weighted by Gasteiger charge is 2.15. The van der Waals surface area contributed by atoms with Crippen molar-refractivity contribution in [2.75, 3.05) is 0 Å². The van der Waals surface area contributed by atoms with Gasteiger partial charge in [-0.15, -0.1) is 5.54 Å². The Labute approximate surface area is 117 Å². The van der Waals surface area contributed by atoms with Crippen LogP contribution in [0.25, 0.3) is 0 Å². The molecule has 2 heteroatoms. The number of allylic oxidation sites excluding steroid dienone is 2. The zero-order valence-electron chi connectivity index (χ0n) is 12.1. The Kier molecular flexibility index (Phi) is 4.50. The van der Waals surface area contributed by atoms with Crippen molar-refractivity contribution in [2.45, 2.75) is 45.0 Å². The average molecular weight is 270 g/mol. The van der Waals surface area contributed by atoms with E-state index >= 15 is 0 Å². The van der Waals surface area contributed by atoms with Gasteiger partial charge in [-0.2, -0.15) is 0 Å². The van der Waals surface area contributed by atoms with Crippen LogP contribution in [-0.4, -0.2) is 14.2 Å². The molecule has 0 bridgehead atoms. The number of hydrogen-bond donors (Lipinski definition) is 0. The molecule has 19 heavy (non-hydrogen) atoms. The Bertz CT molecular complexity index is 500. The molecule has 1 atom stereocenters. The fourth-order valence-electron chi connectivity index (χ4n) is 1.99. The van der Waals surface area contributed by atoms with Crippen molar-refractivity contribution in [3.8, 4) is 11.5 Å². The SMILES string of the molecule is C[Si](C)(C)C#C[C@H]1CCC=C(Cc2ccccc2)O1. The highest BCUT2D eigenvalue weighted by Crippen LogP contribution is 2.20. The molecule has 1 aromatic carbocycles. The van der Waals surface area contributed by atoms with E-state index in [1.54, 1.807) is 0 Å². The van der Waals surface area contributed by atoms with Crippen molar-refractivity contribution < 1.29 is 4.74 Å². The maximum Gasteiger partial charge on any atom is 0.158 e. The van der Waals surface area contributed by atoms with Crippen molar-refractivity contribution in [1.82, 2.24) is 0 Å². The van der Waals surface area contributed by atoms with Crippen LogP contribution in [0.2, 0.25) is 19.6 Å². The maximum absolute atomic E-state index is 6.00. The molecular formula is C17H22OSi. The van der Waals surface area contributed by atoms with E-state index in [9.17, 15) is 0 Å². The van der Waals surface area contributed by atoms with Gasteiger partial charge in [0.1, 0.15) is 8.07 Å². The number of ether oxygens (including phenoxy) is 1. The van der Waals surface area contributed by atoms with Crippen molar-refractivity contribution in [3.05, 3.63) is 47.7 Å². The van der Waals surface area contributed by atoms with E-state index < -0.39 is 8.07 Å². The van der Waals surface area contributed by atoms with E-state index in [-0.39, 0.29) is 6.10 Å². The molecule has 100 valence electrons. The molecule has 0 fully saturated rings. The first-order valence-electron chi connectivity index (χ1n) is 6.95. The van der Waals surface area contributed by atoms with Crippen molar-refractivity contribution in [2.24, 2.45) is 0 Å². The molecule has 0 spiro atoms. The second kappa shape index (κ2) is 6.12. The Morgan fingerprint density at radius 1 is 1.21 bits per heavy atom. The van der Waals surface area contributed by atoms with Gasteiger partial charge >= 0.3 is 0 Å². The molecule has 0 aromatic heterocycles. The molecular weight excluding hydrogens is 248 g/mol. The summed E-state index contributed by atoms with van der Waals surface area (Å²) in [7, 11) is -1.30. The largest absolute Gasteiger partial charge is 0.482 e. The summed E-state index contributed by atoms with van der Waals surface area (Å²) >= 11 is 0. The van der Waals surface area contributed by atoms with Gasteiger partial charge in [-0.25, -0.2) is 0 Å². The van der Waals surface area contributed by atoms with Gasteiger partial charge < -0.3 is 4.74 Å². The fourth-order valence-corrected chi connectivity index (χ4v) is 2.59. The summed E-state index contributed by atoms with van der Waals surface area (Å²) in [5.74, 6) is 4.40. The molecule has 1 aliphatic heterocycles.